The molecule has 1 rings (SSSR count). The van der Waals surface area contributed by atoms with Crippen LogP contribution in [0.5, 0.6) is 0 Å². The van der Waals surface area contributed by atoms with E-state index in [0.29, 0.717) is 10.9 Å². The smallest absolute Gasteiger partial charge is 0.363 e. The summed E-state index contributed by atoms with van der Waals surface area (Å²) in [5.41, 5.74) is -1.65. The van der Waals surface area contributed by atoms with Gasteiger partial charge in [0.05, 0.1) is 4.92 Å². The topological polar surface area (TPSA) is 98.3 Å². The average molecular weight is 221 g/mol. The largest absolute Gasteiger partial charge is 0.476 e. The first kappa shape index (κ1) is 11.0. The molecule has 82 valence electrons. The van der Waals surface area contributed by atoms with Gasteiger partial charge in [0.15, 0.2) is 0 Å². The average Bonchev–Trinajstić information content (AvgIpc) is 2.46. The van der Waals surface area contributed by atoms with E-state index in [-0.39, 0.29) is 0 Å². The molecule has 0 aliphatic carbocycles. The van der Waals surface area contributed by atoms with Crippen LogP contribution in [0, 0.1) is 10.1 Å². The van der Waals surface area contributed by atoms with E-state index in [9.17, 15) is 23.7 Å². The van der Waals surface area contributed by atoms with Gasteiger partial charge in [-0.15, -0.1) is 0 Å². The molecule has 0 unspecified atom stereocenters. The maximum absolute atomic E-state index is 11.9. The van der Waals surface area contributed by atoms with Crippen molar-refractivity contribution in [2.24, 2.45) is 0 Å². The minimum Gasteiger partial charge on any atom is -0.476 e. The number of carboxylic acids is 1. The third-order valence-electron chi connectivity index (χ3n) is 1.47. The molecule has 0 aromatic carbocycles. The van der Waals surface area contributed by atoms with Crippen LogP contribution < -0.4 is 0 Å². The SMILES string of the molecule is O=C(O)c1nn(CC(F)F)cc1[N+](=O)[O-]. The highest BCUT2D eigenvalue weighted by atomic mass is 19.3. The zero-order valence-corrected chi connectivity index (χ0v) is 7.13. The second kappa shape index (κ2) is 3.98. The summed E-state index contributed by atoms with van der Waals surface area (Å²) in [7, 11) is 0. The number of aromatic carboxylic acids is 1. The van der Waals surface area contributed by atoms with E-state index in [0.717, 1.165) is 0 Å². The Morgan fingerprint density at radius 2 is 2.33 bits per heavy atom. The standard InChI is InChI=1S/C6H5F2N3O4/c7-4(8)2-10-1-3(11(14)15)5(9-10)6(12)13/h1,4H,2H2,(H,12,13). The molecule has 0 saturated carbocycles. The fourth-order valence-electron chi connectivity index (χ4n) is 0.932. The molecule has 0 bridgehead atoms. The maximum Gasteiger partial charge on any atom is 0.363 e. The van der Waals surface area contributed by atoms with Crippen LogP contribution in [0.25, 0.3) is 0 Å². The Morgan fingerprint density at radius 1 is 1.73 bits per heavy atom. The second-order valence-electron chi connectivity index (χ2n) is 2.54. The monoisotopic (exact) mass is 221 g/mol. The number of aromatic nitrogens is 2. The Balaban J connectivity index is 3.09. The van der Waals surface area contributed by atoms with Gasteiger partial charge in [0.2, 0.25) is 5.69 Å². The number of halogens is 2. The lowest BCUT2D eigenvalue weighted by Crippen LogP contribution is -2.08. The highest BCUT2D eigenvalue weighted by Gasteiger charge is 2.25. The van der Waals surface area contributed by atoms with Crippen LogP contribution in [0.4, 0.5) is 14.5 Å². The summed E-state index contributed by atoms with van der Waals surface area (Å²) in [6.07, 6.45) is -2.10. The van der Waals surface area contributed by atoms with Crippen LogP contribution in [0.3, 0.4) is 0 Å². The predicted molar refractivity (Wildman–Crippen MR) is 41.8 cm³/mol. The van der Waals surface area contributed by atoms with E-state index >= 15 is 0 Å². The second-order valence-corrected chi connectivity index (χ2v) is 2.54. The minimum atomic E-state index is -2.76. The molecule has 0 atom stereocenters. The Bertz CT molecular complexity index is 372. The van der Waals surface area contributed by atoms with E-state index in [1.807, 2.05) is 0 Å². The summed E-state index contributed by atoms with van der Waals surface area (Å²) in [4.78, 5) is 19.8. The highest BCUT2D eigenvalue weighted by molar-refractivity contribution is 5.89. The van der Waals surface area contributed by atoms with E-state index in [2.05, 4.69) is 5.10 Å². The molecular weight excluding hydrogens is 216 g/mol. The molecule has 9 heteroatoms. The number of nitro groups is 1. The van der Waals surface area contributed by atoms with Gasteiger partial charge in [0.25, 0.3) is 6.43 Å². The van der Waals surface area contributed by atoms with Crippen molar-refractivity contribution in [1.29, 1.82) is 0 Å². The van der Waals surface area contributed by atoms with Crippen LogP contribution in [0.1, 0.15) is 10.5 Å². The van der Waals surface area contributed by atoms with Crippen LogP contribution in [-0.4, -0.2) is 32.2 Å². The molecule has 1 aromatic rings. The quantitative estimate of drug-likeness (QED) is 0.597. The summed E-state index contributed by atoms with van der Waals surface area (Å²) in [6.45, 7) is -0.881. The number of alkyl halides is 2. The summed E-state index contributed by atoms with van der Waals surface area (Å²) >= 11 is 0. The Morgan fingerprint density at radius 3 is 2.67 bits per heavy atom. The van der Waals surface area contributed by atoms with Crippen molar-refractivity contribution in [3.8, 4) is 0 Å². The van der Waals surface area contributed by atoms with Crippen LogP contribution >= 0.6 is 0 Å². The molecule has 15 heavy (non-hydrogen) atoms. The third-order valence-corrected chi connectivity index (χ3v) is 1.47. The fraction of sp³-hybridized carbons (Fsp3) is 0.333. The number of hydrogen-bond donors (Lipinski definition) is 1. The number of nitrogens with zero attached hydrogens (tertiary/aromatic N) is 3. The van der Waals surface area contributed by atoms with Gasteiger partial charge in [-0.3, -0.25) is 14.8 Å². The van der Waals surface area contributed by atoms with Crippen molar-refractivity contribution in [2.75, 3.05) is 0 Å². The maximum atomic E-state index is 11.9. The highest BCUT2D eigenvalue weighted by Crippen LogP contribution is 2.17. The van der Waals surface area contributed by atoms with Gasteiger partial charge in [0, 0.05) is 0 Å². The molecule has 0 aliphatic rings. The van der Waals surface area contributed by atoms with Crippen molar-refractivity contribution in [3.05, 3.63) is 22.0 Å². The van der Waals surface area contributed by atoms with Crippen molar-refractivity contribution < 1.29 is 23.6 Å². The lowest BCUT2D eigenvalue weighted by molar-refractivity contribution is -0.385. The first-order chi connectivity index (χ1) is 6.91. The molecule has 7 nitrogen and oxygen atoms in total. The van der Waals surface area contributed by atoms with Gasteiger partial charge < -0.3 is 5.11 Å². The molecule has 0 fully saturated rings. The summed E-state index contributed by atoms with van der Waals surface area (Å²) < 4.78 is 24.3. The molecule has 1 heterocycles. The minimum absolute atomic E-state index is 0.534. The van der Waals surface area contributed by atoms with Gasteiger partial charge in [0.1, 0.15) is 12.7 Å². The van der Waals surface area contributed by atoms with Crippen molar-refractivity contribution >= 4 is 11.7 Å². The Kier molecular flexibility index (Phi) is 2.93. The normalized spacial score (nSPS) is 10.6. The van der Waals surface area contributed by atoms with Crippen LogP contribution in [-0.2, 0) is 6.54 Å². The Hall–Kier alpha value is -2.06. The zero-order valence-electron chi connectivity index (χ0n) is 7.13. The van der Waals surface area contributed by atoms with E-state index in [4.69, 9.17) is 5.11 Å². The molecule has 0 aliphatic heterocycles. The molecule has 1 N–H and O–H groups in total. The number of carboxylic acid groups (broad SMARTS) is 1. The lowest BCUT2D eigenvalue weighted by atomic mass is 10.4. The summed E-state index contributed by atoms with van der Waals surface area (Å²) in [5.74, 6) is -1.63. The summed E-state index contributed by atoms with van der Waals surface area (Å²) in [6, 6.07) is 0. The van der Waals surface area contributed by atoms with Gasteiger partial charge in [-0.2, -0.15) is 5.10 Å². The first-order valence-electron chi connectivity index (χ1n) is 3.65. The molecule has 0 saturated heterocycles. The van der Waals surface area contributed by atoms with Gasteiger partial charge in [-0.25, -0.2) is 13.6 Å². The predicted octanol–water partition coefficient (Wildman–Crippen LogP) is 0.755. The first-order valence-corrected chi connectivity index (χ1v) is 3.65. The van der Waals surface area contributed by atoms with Crippen molar-refractivity contribution in [2.45, 2.75) is 13.0 Å². The fourth-order valence-corrected chi connectivity index (χ4v) is 0.932. The van der Waals surface area contributed by atoms with Gasteiger partial charge in [-0.1, -0.05) is 0 Å². The molecule has 0 radical (unpaired) electrons. The number of carbonyl (C=O) groups is 1. The third kappa shape index (κ3) is 2.45. The zero-order chi connectivity index (χ0) is 11.6. The van der Waals surface area contributed by atoms with E-state index < -0.39 is 35.2 Å². The van der Waals surface area contributed by atoms with Crippen molar-refractivity contribution in [1.82, 2.24) is 9.78 Å². The molecule has 0 amide bonds. The van der Waals surface area contributed by atoms with Gasteiger partial charge in [-0.05, 0) is 0 Å². The van der Waals surface area contributed by atoms with Crippen molar-refractivity contribution in [3.63, 3.8) is 0 Å². The molecule has 1 aromatic heterocycles. The lowest BCUT2D eigenvalue weighted by Gasteiger charge is -1.96. The Labute approximate surface area is 81.1 Å². The summed E-state index contributed by atoms with van der Waals surface area (Å²) in [5, 5.41) is 22.0. The molecule has 0 spiro atoms. The van der Waals surface area contributed by atoms with Gasteiger partial charge >= 0.3 is 11.7 Å². The van der Waals surface area contributed by atoms with E-state index in [1.54, 1.807) is 0 Å². The van der Waals surface area contributed by atoms with Crippen LogP contribution in [0.15, 0.2) is 6.20 Å². The number of hydrogen-bond acceptors (Lipinski definition) is 4. The van der Waals surface area contributed by atoms with E-state index in [1.165, 1.54) is 0 Å². The van der Waals surface area contributed by atoms with Crippen LogP contribution in [0.2, 0.25) is 0 Å². The molecular formula is C6H5F2N3O4. The number of rotatable bonds is 4.